The number of hydrogen-bond donors (Lipinski definition) is 2. The van der Waals surface area contributed by atoms with Crippen molar-refractivity contribution in [2.24, 2.45) is 11.8 Å². The Bertz CT molecular complexity index is 853. The van der Waals surface area contributed by atoms with Crippen molar-refractivity contribution in [3.63, 3.8) is 0 Å². The van der Waals surface area contributed by atoms with E-state index in [9.17, 15) is 19.2 Å². The lowest BCUT2D eigenvalue weighted by Crippen LogP contribution is -2.56. The molecule has 0 saturated heterocycles. The Morgan fingerprint density at radius 3 is 2.08 bits per heavy atom. The quantitative estimate of drug-likeness (QED) is 0.264. The molecule has 0 aliphatic carbocycles. The first-order valence-corrected chi connectivity index (χ1v) is 13.0. The number of Topliss-reactive ketones (excluding diaryl/α,β-unsaturated/α-hetero) is 1. The summed E-state index contributed by atoms with van der Waals surface area (Å²) in [6, 6.07) is 5.85. The molecule has 0 aliphatic rings. The standard InChI is InChI=1S/C28H45N3O5/c1-8-9-10-11-12-13-24(32)20(4)28(35)31(6)25(19(2)3)27(34)30-26(33)23(29-5)18-21-14-16-22(36-7)17-15-21/h14-17,19-20,23,25,29H,8-13,18H2,1-7H3,(H,30,33,34)/t20-,23-,25-/m0/s1. The van der Waals surface area contributed by atoms with Crippen LogP contribution in [0.1, 0.15) is 71.8 Å². The Balaban J connectivity index is 2.79. The van der Waals surface area contributed by atoms with Gasteiger partial charge >= 0.3 is 0 Å². The van der Waals surface area contributed by atoms with Gasteiger partial charge in [-0.1, -0.05) is 58.6 Å². The molecule has 0 bridgehead atoms. The van der Waals surface area contributed by atoms with Crippen LogP contribution in [0.15, 0.2) is 24.3 Å². The highest BCUT2D eigenvalue weighted by Crippen LogP contribution is 2.17. The van der Waals surface area contributed by atoms with Crippen LogP contribution in [0.2, 0.25) is 0 Å². The minimum Gasteiger partial charge on any atom is -0.497 e. The lowest BCUT2D eigenvalue weighted by atomic mass is 9.96. The van der Waals surface area contributed by atoms with E-state index in [4.69, 9.17) is 4.74 Å². The second-order valence-electron chi connectivity index (χ2n) is 9.74. The van der Waals surface area contributed by atoms with E-state index in [1.54, 1.807) is 21.1 Å². The number of imide groups is 1. The lowest BCUT2D eigenvalue weighted by molar-refractivity contribution is -0.148. The fourth-order valence-electron chi connectivity index (χ4n) is 4.23. The van der Waals surface area contributed by atoms with Crippen LogP contribution < -0.4 is 15.4 Å². The summed E-state index contributed by atoms with van der Waals surface area (Å²) in [5.41, 5.74) is 0.910. The maximum Gasteiger partial charge on any atom is 0.249 e. The number of carbonyl (C=O) groups excluding carboxylic acids is 4. The highest BCUT2D eigenvalue weighted by molar-refractivity contribution is 6.04. The second kappa shape index (κ2) is 16.1. The second-order valence-corrected chi connectivity index (χ2v) is 9.74. The third-order valence-electron chi connectivity index (χ3n) is 6.56. The molecule has 2 N–H and O–H groups in total. The molecule has 0 radical (unpaired) electrons. The summed E-state index contributed by atoms with van der Waals surface area (Å²) in [4.78, 5) is 53.0. The summed E-state index contributed by atoms with van der Waals surface area (Å²) in [6.07, 6.45) is 5.83. The van der Waals surface area contributed by atoms with E-state index in [0.29, 0.717) is 12.8 Å². The van der Waals surface area contributed by atoms with E-state index >= 15 is 0 Å². The van der Waals surface area contributed by atoms with Gasteiger partial charge < -0.3 is 15.0 Å². The lowest BCUT2D eigenvalue weighted by Gasteiger charge is -2.32. The number of hydrogen-bond acceptors (Lipinski definition) is 6. The number of unbranched alkanes of at least 4 members (excludes halogenated alkanes) is 4. The monoisotopic (exact) mass is 503 g/mol. The van der Waals surface area contributed by atoms with E-state index in [0.717, 1.165) is 43.4 Å². The average molecular weight is 504 g/mol. The Hall–Kier alpha value is -2.74. The highest BCUT2D eigenvalue weighted by Gasteiger charge is 2.35. The van der Waals surface area contributed by atoms with Gasteiger partial charge in [0.05, 0.1) is 19.1 Å². The molecule has 1 aromatic rings. The van der Waals surface area contributed by atoms with Crippen molar-refractivity contribution >= 4 is 23.5 Å². The first kappa shape index (κ1) is 31.3. The van der Waals surface area contributed by atoms with Crippen LogP contribution in [0, 0.1) is 11.8 Å². The molecule has 3 amide bonds. The number of ether oxygens (including phenoxy) is 1. The molecular formula is C28H45N3O5. The molecule has 36 heavy (non-hydrogen) atoms. The molecule has 3 atom stereocenters. The van der Waals surface area contributed by atoms with Crippen LogP contribution in [0.5, 0.6) is 5.75 Å². The average Bonchev–Trinajstić information content (AvgIpc) is 2.85. The molecule has 0 fully saturated rings. The fraction of sp³-hybridized carbons (Fsp3) is 0.643. The van der Waals surface area contributed by atoms with E-state index in [1.807, 2.05) is 38.1 Å². The Labute approximate surface area is 216 Å². The first-order chi connectivity index (χ1) is 17.1. The van der Waals surface area contributed by atoms with Crippen molar-refractivity contribution in [3.8, 4) is 5.75 Å². The third kappa shape index (κ3) is 9.72. The fourth-order valence-corrected chi connectivity index (χ4v) is 4.23. The van der Waals surface area contributed by atoms with Crippen molar-refractivity contribution in [2.45, 2.75) is 84.7 Å². The van der Waals surface area contributed by atoms with E-state index in [1.165, 1.54) is 11.9 Å². The van der Waals surface area contributed by atoms with Gasteiger partial charge in [0.1, 0.15) is 17.6 Å². The van der Waals surface area contributed by atoms with Gasteiger partial charge in [-0.25, -0.2) is 0 Å². The van der Waals surface area contributed by atoms with Gasteiger partial charge in [0.2, 0.25) is 17.7 Å². The van der Waals surface area contributed by atoms with Crippen LogP contribution in [-0.2, 0) is 25.6 Å². The van der Waals surface area contributed by atoms with Gasteiger partial charge in [0.25, 0.3) is 0 Å². The summed E-state index contributed by atoms with van der Waals surface area (Å²) in [7, 11) is 4.76. The molecule has 8 heteroatoms. The smallest absolute Gasteiger partial charge is 0.249 e. The van der Waals surface area contributed by atoms with Gasteiger partial charge in [-0.3, -0.25) is 24.5 Å². The van der Waals surface area contributed by atoms with E-state index in [-0.39, 0.29) is 11.7 Å². The Morgan fingerprint density at radius 1 is 0.944 bits per heavy atom. The van der Waals surface area contributed by atoms with Crippen LogP contribution in [-0.4, -0.2) is 61.7 Å². The summed E-state index contributed by atoms with van der Waals surface area (Å²) in [5, 5.41) is 5.42. The van der Waals surface area contributed by atoms with Gasteiger partial charge in [-0.2, -0.15) is 0 Å². The summed E-state index contributed by atoms with van der Waals surface area (Å²) in [6.45, 7) is 7.35. The summed E-state index contributed by atoms with van der Waals surface area (Å²) < 4.78 is 5.16. The Kier molecular flexibility index (Phi) is 14.0. The Morgan fingerprint density at radius 2 is 1.56 bits per heavy atom. The van der Waals surface area contributed by atoms with Gasteiger partial charge in [-0.05, 0) is 50.4 Å². The van der Waals surface area contributed by atoms with E-state index < -0.39 is 35.7 Å². The van der Waals surface area contributed by atoms with Crippen molar-refractivity contribution in [1.29, 1.82) is 0 Å². The van der Waals surface area contributed by atoms with Gasteiger partial charge in [0.15, 0.2) is 0 Å². The highest BCUT2D eigenvalue weighted by atomic mass is 16.5. The number of methoxy groups -OCH3 is 1. The predicted molar refractivity (Wildman–Crippen MR) is 142 cm³/mol. The molecule has 1 aromatic carbocycles. The van der Waals surface area contributed by atoms with Crippen molar-refractivity contribution in [3.05, 3.63) is 29.8 Å². The third-order valence-corrected chi connectivity index (χ3v) is 6.56. The van der Waals surface area contributed by atoms with Crippen LogP contribution >= 0.6 is 0 Å². The SMILES string of the molecule is CCCCCCCC(=O)[C@H](C)C(=O)N(C)[C@H](C(=O)NC(=O)[C@H](Cc1ccc(OC)cc1)NC)C(C)C. The largest absolute Gasteiger partial charge is 0.497 e. The van der Waals surface area contributed by atoms with Crippen molar-refractivity contribution in [1.82, 2.24) is 15.5 Å². The predicted octanol–water partition coefficient (Wildman–Crippen LogP) is 3.52. The molecule has 0 spiro atoms. The zero-order chi connectivity index (χ0) is 27.3. The molecule has 1 rings (SSSR count). The zero-order valence-electron chi connectivity index (χ0n) is 23.1. The normalized spacial score (nSPS) is 13.6. The minimum absolute atomic E-state index is 0.114. The van der Waals surface area contributed by atoms with Crippen LogP contribution in [0.3, 0.4) is 0 Å². The molecular weight excluding hydrogens is 458 g/mol. The van der Waals surface area contributed by atoms with Gasteiger partial charge in [-0.15, -0.1) is 0 Å². The van der Waals surface area contributed by atoms with Crippen molar-refractivity contribution in [2.75, 3.05) is 21.2 Å². The summed E-state index contributed by atoms with van der Waals surface area (Å²) in [5.74, 6) is -1.91. The molecule has 8 nitrogen and oxygen atoms in total. The number of nitrogens with one attached hydrogen (secondary N) is 2. The zero-order valence-corrected chi connectivity index (χ0v) is 23.1. The maximum atomic E-state index is 13.1. The first-order valence-electron chi connectivity index (χ1n) is 13.0. The molecule has 0 saturated carbocycles. The number of amides is 3. The van der Waals surface area contributed by atoms with Crippen LogP contribution in [0.4, 0.5) is 0 Å². The minimum atomic E-state index is -0.875. The molecule has 0 heterocycles. The summed E-state index contributed by atoms with van der Waals surface area (Å²) >= 11 is 0. The van der Waals surface area contributed by atoms with Crippen molar-refractivity contribution < 1.29 is 23.9 Å². The van der Waals surface area contributed by atoms with Crippen LogP contribution in [0.25, 0.3) is 0 Å². The number of nitrogens with zero attached hydrogens (tertiary/aromatic N) is 1. The van der Waals surface area contributed by atoms with E-state index in [2.05, 4.69) is 17.6 Å². The topological polar surface area (TPSA) is 105 Å². The number of ketones is 1. The number of benzene rings is 1. The van der Waals surface area contributed by atoms with Gasteiger partial charge in [0, 0.05) is 13.5 Å². The molecule has 0 aliphatic heterocycles. The molecule has 0 unspecified atom stereocenters. The number of carbonyl (C=O) groups is 4. The molecule has 0 aromatic heterocycles. The number of rotatable bonds is 16. The molecule has 202 valence electrons. The number of likely N-dealkylation sites (N-methyl/N-ethyl adjacent to an activating group) is 2. The maximum absolute atomic E-state index is 13.1.